The Labute approximate surface area is 306 Å². The minimum atomic E-state index is -1.02. The number of carbonyl (C=O) groups excluding carboxylic acids is 3. The Bertz CT molecular complexity index is 1550. The Morgan fingerprint density at radius 1 is 1.02 bits per heavy atom. The van der Waals surface area contributed by atoms with Crippen LogP contribution in [0.1, 0.15) is 76.2 Å². The van der Waals surface area contributed by atoms with Crippen LogP contribution in [0.5, 0.6) is 0 Å². The summed E-state index contributed by atoms with van der Waals surface area (Å²) in [5.74, 6) is -0.535. The van der Waals surface area contributed by atoms with Gasteiger partial charge in [-0.25, -0.2) is 9.78 Å². The van der Waals surface area contributed by atoms with Gasteiger partial charge in [-0.15, -0.1) is 11.3 Å². The molecule has 4 N–H and O–H groups in total. The molecular weight excluding hydrogens is 667 g/mol. The number of benzene rings is 1. The van der Waals surface area contributed by atoms with E-state index in [-0.39, 0.29) is 30.9 Å². The van der Waals surface area contributed by atoms with Gasteiger partial charge in [0.15, 0.2) is 0 Å². The fourth-order valence-electron chi connectivity index (χ4n) is 5.98. The Hall–Kier alpha value is -3.91. The average molecular weight is 722 g/mol. The summed E-state index contributed by atoms with van der Waals surface area (Å²) in [6, 6.07) is 11.4. The standard InChI is InChI=1S/C38H55N7O5S/c1-25(2)33(42-37(49)50-23-29-24-51-36(40-29)26(3)4)35(48)41-30(18-27-12-9-8-10-13-27)32(46)22-45-17-16-44(20-28-14-11-15-39-19-28)21-31(45)34(47)43-38(5,6)7/h8-15,19,24-26,30-33,46H,16-18,20-23H2,1-7H3,(H,41,48)(H,42,49)(H,43,47)/t30-,31-,32+,33-/m0/s1. The topological polar surface area (TPSA) is 149 Å². The highest BCUT2D eigenvalue weighted by atomic mass is 32.1. The van der Waals surface area contributed by atoms with E-state index < -0.39 is 41.8 Å². The van der Waals surface area contributed by atoms with Crippen molar-refractivity contribution in [3.05, 3.63) is 82.1 Å². The predicted molar refractivity (Wildman–Crippen MR) is 199 cm³/mol. The largest absolute Gasteiger partial charge is 0.443 e. The van der Waals surface area contributed by atoms with Crippen LogP contribution in [-0.2, 0) is 33.9 Å². The molecule has 0 bridgehead atoms. The van der Waals surface area contributed by atoms with Crippen LogP contribution in [0.25, 0.3) is 0 Å². The molecule has 13 heteroatoms. The first kappa shape index (κ1) is 39.9. The van der Waals surface area contributed by atoms with Gasteiger partial charge < -0.3 is 25.8 Å². The number of thiazole rings is 1. The van der Waals surface area contributed by atoms with Gasteiger partial charge >= 0.3 is 6.09 Å². The highest BCUT2D eigenvalue weighted by Gasteiger charge is 2.37. The molecule has 4 rings (SSSR count). The Kier molecular flexibility index (Phi) is 14.5. The number of aliphatic hydroxyl groups is 1. The van der Waals surface area contributed by atoms with Gasteiger partial charge in [-0.2, -0.15) is 0 Å². The first-order valence-electron chi connectivity index (χ1n) is 17.8. The number of β-amino-alcohol motifs (C(OH)–C–C–N with tert-alkyl or cyclic N) is 1. The van der Waals surface area contributed by atoms with Gasteiger partial charge in [0.2, 0.25) is 11.8 Å². The van der Waals surface area contributed by atoms with Crippen LogP contribution >= 0.6 is 11.3 Å². The fourth-order valence-corrected chi connectivity index (χ4v) is 6.80. The molecule has 0 unspecified atom stereocenters. The number of hydrogen-bond donors (Lipinski definition) is 4. The van der Waals surface area contributed by atoms with Crippen molar-refractivity contribution in [1.29, 1.82) is 0 Å². The molecule has 1 aliphatic rings. The van der Waals surface area contributed by atoms with Crippen molar-refractivity contribution in [2.45, 2.75) is 104 Å². The van der Waals surface area contributed by atoms with Crippen LogP contribution < -0.4 is 16.0 Å². The van der Waals surface area contributed by atoms with Crippen molar-refractivity contribution in [3.8, 4) is 0 Å². The van der Waals surface area contributed by atoms with Crippen LogP contribution in [0.15, 0.2) is 60.2 Å². The second-order valence-electron chi connectivity index (χ2n) is 15.0. The Balaban J connectivity index is 1.47. The molecule has 2 aromatic heterocycles. The first-order chi connectivity index (χ1) is 24.2. The Morgan fingerprint density at radius 2 is 1.75 bits per heavy atom. The van der Waals surface area contributed by atoms with Crippen molar-refractivity contribution in [3.63, 3.8) is 0 Å². The molecule has 12 nitrogen and oxygen atoms in total. The molecule has 278 valence electrons. The molecule has 3 aromatic rings. The SMILES string of the molecule is CC(C)c1nc(COC(=O)N[C@H](C(=O)N[C@@H](Cc2ccccc2)[C@H](O)CN2CCN(Cc3cccnc3)C[C@H]2C(=O)NC(C)(C)C)C(C)C)cs1. The van der Waals surface area contributed by atoms with Crippen LogP contribution in [0.2, 0.25) is 0 Å². The van der Waals surface area contributed by atoms with Crippen LogP contribution in [0.3, 0.4) is 0 Å². The zero-order chi connectivity index (χ0) is 37.1. The molecule has 1 saturated heterocycles. The highest BCUT2D eigenvalue weighted by molar-refractivity contribution is 7.09. The second kappa shape index (κ2) is 18.5. The number of nitrogens with one attached hydrogen (secondary N) is 3. The van der Waals surface area contributed by atoms with E-state index in [1.807, 2.05) is 93.6 Å². The number of nitrogens with zero attached hydrogens (tertiary/aromatic N) is 4. The van der Waals surface area contributed by atoms with Crippen molar-refractivity contribution in [2.24, 2.45) is 5.92 Å². The number of aromatic nitrogens is 2. The number of aliphatic hydroxyl groups excluding tert-OH is 1. The summed E-state index contributed by atoms with van der Waals surface area (Å²) in [4.78, 5) is 53.3. The molecule has 1 fully saturated rings. The van der Waals surface area contributed by atoms with Gasteiger partial charge in [0.05, 0.1) is 22.8 Å². The molecule has 3 amide bonds. The first-order valence-corrected chi connectivity index (χ1v) is 18.6. The fraction of sp³-hybridized carbons (Fsp3) is 0.553. The van der Waals surface area contributed by atoms with E-state index in [2.05, 4.69) is 44.7 Å². The van der Waals surface area contributed by atoms with E-state index in [0.29, 0.717) is 38.3 Å². The lowest BCUT2D eigenvalue weighted by Crippen LogP contribution is -2.63. The number of pyridine rings is 1. The van der Waals surface area contributed by atoms with Crippen LogP contribution in [-0.4, -0.2) is 98.7 Å². The number of piperazine rings is 1. The van der Waals surface area contributed by atoms with Gasteiger partial charge in [-0.1, -0.05) is 64.1 Å². The third-order valence-corrected chi connectivity index (χ3v) is 9.85. The summed E-state index contributed by atoms with van der Waals surface area (Å²) < 4.78 is 5.43. The maximum atomic E-state index is 13.8. The van der Waals surface area contributed by atoms with Gasteiger partial charge in [0, 0.05) is 62.0 Å². The normalized spacial score (nSPS) is 17.5. The van der Waals surface area contributed by atoms with E-state index >= 15 is 0 Å². The van der Waals surface area contributed by atoms with E-state index in [1.165, 1.54) is 11.3 Å². The highest BCUT2D eigenvalue weighted by Crippen LogP contribution is 2.20. The summed E-state index contributed by atoms with van der Waals surface area (Å²) in [5.41, 5.74) is 2.21. The summed E-state index contributed by atoms with van der Waals surface area (Å²) in [6.07, 6.45) is 2.18. The summed E-state index contributed by atoms with van der Waals surface area (Å²) in [6.45, 7) is 16.2. The van der Waals surface area contributed by atoms with Crippen LogP contribution in [0, 0.1) is 5.92 Å². The number of hydrogen-bond acceptors (Lipinski definition) is 10. The average Bonchev–Trinajstić information content (AvgIpc) is 3.56. The van der Waals surface area contributed by atoms with E-state index in [9.17, 15) is 19.5 Å². The van der Waals surface area contributed by atoms with Crippen LogP contribution in [0.4, 0.5) is 4.79 Å². The van der Waals surface area contributed by atoms with Gasteiger partial charge in [0.25, 0.3) is 0 Å². The van der Waals surface area contributed by atoms with Crippen molar-refractivity contribution >= 4 is 29.2 Å². The zero-order valence-electron chi connectivity index (χ0n) is 31.0. The maximum Gasteiger partial charge on any atom is 0.408 e. The number of carbonyl (C=O) groups is 3. The predicted octanol–water partition coefficient (Wildman–Crippen LogP) is 4.10. The summed E-state index contributed by atoms with van der Waals surface area (Å²) in [7, 11) is 0. The molecule has 0 radical (unpaired) electrons. The zero-order valence-corrected chi connectivity index (χ0v) is 31.8. The van der Waals surface area contributed by atoms with Crippen molar-refractivity contribution in [1.82, 2.24) is 35.7 Å². The molecule has 4 atom stereocenters. The maximum absolute atomic E-state index is 13.8. The molecule has 0 saturated carbocycles. The smallest absolute Gasteiger partial charge is 0.408 e. The molecule has 3 heterocycles. The minimum Gasteiger partial charge on any atom is -0.443 e. The number of alkyl carbamates (subject to hydrolysis) is 1. The molecular formula is C38H55N7O5S. The molecule has 1 aliphatic heterocycles. The molecule has 0 spiro atoms. The van der Waals surface area contributed by atoms with Crippen molar-refractivity contribution in [2.75, 3.05) is 26.2 Å². The van der Waals surface area contributed by atoms with E-state index in [0.717, 1.165) is 16.1 Å². The molecule has 1 aromatic carbocycles. The lowest BCUT2D eigenvalue weighted by molar-refractivity contribution is -0.132. The monoisotopic (exact) mass is 721 g/mol. The second-order valence-corrected chi connectivity index (χ2v) is 15.9. The third-order valence-electron chi connectivity index (χ3n) is 8.65. The third kappa shape index (κ3) is 12.7. The van der Waals surface area contributed by atoms with Gasteiger partial charge in [-0.05, 0) is 50.3 Å². The quantitative estimate of drug-likeness (QED) is 0.182. The van der Waals surface area contributed by atoms with Gasteiger partial charge in [-0.3, -0.25) is 24.4 Å². The summed E-state index contributed by atoms with van der Waals surface area (Å²) in [5, 5.41) is 23.5. The van der Waals surface area contributed by atoms with Crippen molar-refractivity contribution < 1.29 is 24.2 Å². The number of amides is 3. The lowest BCUT2D eigenvalue weighted by atomic mass is 9.97. The lowest BCUT2D eigenvalue weighted by Gasteiger charge is -2.43. The van der Waals surface area contributed by atoms with E-state index in [1.54, 1.807) is 6.20 Å². The molecule has 0 aliphatic carbocycles. The van der Waals surface area contributed by atoms with E-state index in [4.69, 9.17) is 4.74 Å². The molecule has 51 heavy (non-hydrogen) atoms. The minimum absolute atomic E-state index is 0.00368. The Morgan fingerprint density at radius 3 is 2.37 bits per heavy atom. The summed E-state index contributed by atoms with van der Waals surface area (Å²) >= 11 is 1.52. The number of ether oxygens (including phenoxy) is 1. The van der Waals surface area contributed by atoms with Gasteiger partial charge in [0.1, 0.15) is 18.7 Å². The number of rotatable bonds is 15.